The van der Waals surface area contributed by atoms with Crippen LogP contribution in [-0.2, 0) is 0 Å². The van der Waals surface area contributed by atoms with Gasteiger partial charge in [0.2, 0.25) is 5.88 Å². The van der Waals surface area contributed by atoms with Crippen molar-refractivity contribution in [3.63, 3.8) is 0 Å². The van der Waals surface area contributed by atoms with Gasteiger partial charge in [-0.2, -0.15) is 4.98 Å². The quantitative estimate of drug-likeness (QED) is 0.703. The zero-order valence-corrected chi connectivity index (χ0v) is 7.90. The van der Waals surface area contributed by atoms with E-state index in [-0.39, 0.29) is 0 Å². The maximum atomic E-state index is 5.42. The van der Waals surface area contributed by atoms with Crippen LogP contribution in [0.15, 0.2) is 12.4 Å². The van der Waals surface area contributed by atoms with Crippen LogP contribution in [0.25, 0.3) is 0 Å². The van der Waals surface area contributed by atoms with Crippen LogP contribution in [0, 0.1) is 0 Å². The first-order valence-electron chi connectivity index (χ1n) is 4.05. The van der Waals surface area contributed by atoms with Gasteiger partial charge in [-0.3, -0.25) is 4.98 Å². The van der Waals surface area contributed by atoms with Gasteiger partial charge in [-0.15, -0.1) is 0 Å². The smallest absolute Gasteiger partial charge is 0.233 e. The number of nitrogens with zero attached hydrogens (tertiary/aromatic N) is 3. The average molecular weight is 182 g/mol. The number of aromatic nitrogens is 2. The van der Waals surface area contributed by atoms with E-state index in [0.29, 0.717) is 12.4 Å². The molecular formula is C8H14N4O. The molecule has 5 nitrogen and oxygen atoms in total. The molecule has 1 aromatic rings. The highest BCUT2D eigenvalue weighted by Gasteiger charge is 2.02. The number of rotatable bonds is 4. The van der Waals surface area contributed by atoms with Crippen molar-refractivity contribution >= 4 is 5.82 Å². The number of methoxy groups -OCH3 is 1. The van der Waals surface area contributed by atoms with E-state index >= 15 is 0 Å². The molecule has 0 bridgehead atoms. The lowest BCUT2D eigenvalue weighted by Gasteiger charge is -2.16. The molecule has 1 rings (SSSR count). The van der Waals surface area contributed by atoms with E-state index in [9.17, 15) is 0 Å². The molecule has 0 unspecified atom stereocenters. The number of anilines is 1. The number of ether oxygens (including phenoxy) is 1. The summed E-state index contributed by atoms with van der Waals surface area (Å²) in [5.41, 5.74) is 5.42. The predicted octanol–water partition coefficient (Wildman–Crippen LogP) is -0.120. The second-order valence-electron chi connectivity index (χ2n) is 2.63. The summed E-state index contributed by atoms with van der Waals surface area (Å²) in [6, 6.07) is 0. The summed E-state index contributed by atoms with van der Waals surface area (Å²) >= 11 is 0. The van der Waals surface area contributed by atoms with Crippen molar-refractivity contribution in [2.45, 2.75) is 0 Å². The summed E-state index contributed by atoms with van der Waals surface area (Å²) in [4.78, 5) is 10.1. The molecule has 1 aromatic heterocycles. The molecule has 0 aliphatic heterocycles. The molecule has 5 heteroatoms. The zero-order valence-electron chi connectivity index (χ0n) is 7.90. The van der Waals surface area contributed by atoms with Crippen molar-refractivity contribution in [3.05, 3.63) is 12.4 Å². The Hall–Kier alpha value is -1.36. The summed E-state index contributed by atoms with van der Waals surface area (Å²) in [6.45, 7) is 1.34. The lowest BCUT2D eigenvalue weighted by Crippen LogP contribution is -2.25. The molecule has 0 saturated heterocycles. The average Bonchev–Trinajstić information content (AvgIpc) is 2.18. The third-order valence-corrected chi connectivity index (χ3v) is 1.66. The van der Waals surface area contributed by atoms with Crippen molar-refractivity contribution in [1.29, 1.82) is 0 Å². The van der Waals surface area contributed by atoms with Crippen molar-refractivity contribution in [2.24, 2.45) is 5.73 Å². The predicted molar refractivity (Wildman–Crippen MR) is 50.9 cm³/mol. The van der Waals surface area contributed by atoms with Crippen molar-refractivity contribution in [3.8, 4) is 5.88 Å². The van der Waals surface area contributed by atoms with E-state index < -0.39 is 0 Å². The lowest BCUT2D eigenvalue weighted by atomic mass is 10.5. The van der Waals surface area contributed by atoms with E-state index in [4.69, 9.17) is 10.5 Å². The van der Waals surface area contributed by atoms with Gasteiger partial charge in [-0.1, -0.05) is 0 Å². The monoisotopic (exact) mass is 182 g/mol. The minimum atomic E-state index is 0.515. The Morgan fingerprint density at radius 1 is 1.54 bits per heavy atom. The molecule has 0 aliphatic rings. The molecule has 0 spiro atoms. The van der Waals surface area contributed by atoms with E-state index in [1.165, 1.54) is 0 Å². The van der Waals surface area contributed by atoms with Crippen molar-refractivity contribution < 1.29 is 4.74 Å². The Morgan fingerprint density at radius 2 is 2.31 bits per heavy atom. The van der Waals surface area contributed by atoms with E-state index in [1.54, 1.807) is 19.5 Å². The molecule has 1 heterocycles. The molecule has 0 atom stereocenters. The van der Waals surface area contributed by atoms with Crippen LogP contribution < -0.4 is 15.4 Å². The first kappa shape index (κ1) is 9.73. The highest BCUT2D eigenvalue weighted by Crippen LogP contribution is 2.10. The standard InChI is InChI=1S/C8H14N4O/c1-12(4-3-9)7-5-10-6-8(11-7)13-2/h5-6H,3-4,9H2,1-2H3. The topological polar surface area (TPSA) is 64.3 Å². The molecule has 0 amide bonds. The Labute approximate surface area is 77.5 Å². The summed E-state index contributed by atoms with van der Waals surface area (Å²) in [7, 11) is 3.48. The fraction of sp³-hybridized carbons (Fsp3) is 0.500. The molecule has 2 N–H and O–H groups in total. The fourth-order valence-electron chi connectivity index (χ4n) is 0.929. The minimum absolute atomic E-state index is 0.515. The van der Waals surface area contributed by atoms with Crippen molar-refractivity contribution in [1.82, 2.24) is 9.97 Å². The Balaban J connectivity index is 2.75. The van der Waals surface area contributed by atoms with Gasteiger partial charge in [0.05, 0.1) is 19.5 Å². The second-order valence-corrected chi connectivity index (χ2v) is 2.63. The largest absolute Gasteiger partial charge is 0.480 e. The number of hydrogen-bond donors (Lipinski definition) is 1. The minimum Gasteiger partial charge on any atom is -0.480 e. The normalized spacial score (nSPS) is 9.77. The third kappa shape index (κ3) is 2.55. The van der Waals surface area contributed by atoms with Crippen molar-refractivity contribution in [2.75, 3.05) is 32.1 Å². The number of likely N-dealkylation sites (N-methyl/N-ethyl adjacent to an activating group) is 1. The molecule has 0 saturated carbocycles. The van der Waals surface area contributed by atoms with Crippen LogP contribution in [0.1, 0.15) is 0 Å². The maximum absolute atomic E-state index is 5.42. The molecule has 0 fully saturated rings. The Morgan fingerprint density at radius 3 is 2.92 bits per heavy atom. The number of hydrogen-bond acceptors (Lipinski definition) is 5. The third-order valence-electron chi connectivity index (χ3n) is 1.66. The molecular weight excluding hydrogens is 168 g/mol. The van der Waals surface area contributed by atoms with Crippen LogP contribution in [0.2, 0.25) is 0 Å². The van der Waals surface area contributed by atoms with Gasteiger partial charge in [0, 0.05) is 20.1 Å². The first-order chi connectivity index (χ1) is 6.27. The first-order valence-corrected chi connectivity index (χ1v) is 4.05. The van der Waals surface area contributed by atoms with E-state index in [1.807, 2.05) is 11.9 Å². The zero-order chi connectivity index (χ0) is 9.68. The van der Waals surface area contributed by atoms with Gasteiger partial charge in [0.25, 0.3) is 0 Å². The molecule has 13 heavy (non-hydrogen) atoms. The van der Waals surface area contributed by atoms with Gasteiger partial charge in [0.1, 0.15) is 0 Å². The van der Waals surface area contributed by atoms with Gasteiger partial charge >= 0.3 is 0 Å². The van der Waals surface area contributed by atoms with E-state index in [0.717, 1.165) is 12.4 Å². The van der Waals surface area contributed by atoms with Gasteiger partial charge in [0.15, 0.2) is 5.82 Å². The highest BCUT2D eigenvalue weighted by atomic mass is 16.5. The van der Waals surface area contributed by atoms with Crippen LogP contribution in [-0.4, -0.2) is 37.2 Å². The Kier molecular flexibility index (Phi) is 3.45. The SMILES string of the molecule is COc1cncc(N(C)CCN)n1. The Bertz CT molecular complexity index is 266. The maximum Gasteiger partial charge on any atom is 0.233 e. The molecule has 0 aliphatic carbocycles. The lowest BCUT2D eigenvalue weighted by molar-refractivity contribution is 0.395. The van der Waals surface area contributed by atoms with Crippen LogP contribution >= 0.6 is 0 Å². The van der Waals surface area contributed by atoms with E-state index in [2.05, 4.69) is 9.97 Å². The van der Waals surface area contributed by atoms with Crippen LogP contribution in [0.5, 0.6) is 5.88 Å². The summed E-state index contributed by atoms with van der Waals surface area (Å²) < 4.78 is 4.95. The van der Waals surface area contributed by atoms with Gasteiger partial charge in [-0.25, -0.2) is 0 Å². The van der Waals surface area contributed by atoms with Crippen LogP contribution in [0.4, 0.5) is 5.82 Å². The summed E-state index contributed by atoms with van der Waals surface area (Å²) in [5.74, 6) is 1.28. The second kappa shape index (κ2) is 4.61. The number of nitrogens with two attached hydrogens (primary N) is 1. The van der Waals surface area contributed by atoms with Gasteiger partial charge in [-0.05, 0) is 0 Å². The van der Waals surface area contributed by atoms with Crippen LogP contribution in [0.3, 0.4) is 0 Å². The highest BCUT2D eigenvalue weighted by molar-refractivity contribution is 5.36. The van der Waals surface area contributed by atoms with Gasteiger partial charge < -0.3 is 15.4 Å². The summed E-state index contributed by atoms with van der Waals surface area (Å²) in [6.07, 6.45) is 3.25. The molecule has 0 radical (unpaired) electrons. The molecule has 0 aromatic carbocycles. The fourth-order valence-corrected chi connectivity index (χ4v) is 0.929. The molecule has 72 valence electrons. The summed E-state index contributed by atoms with van der Waals surface area (Å²) in [5, 5.41) is 0.